The molecule has 0 saturated carbocycles. The van der Waals surface area contributed by atoms with Crippen molar-refractivity contribution in [3.8, 4) is 5.75 Å². The minimum Gasteiger partial charge on any atom is -0.491 e. The van der Waals surface area contributed by atoms with Crippen LogP contribution in [0.2, 0.25) is 0 Å². The number of aliphatic hydroxyl groups excluding tert-OH is 1. The van der Waals surface area contributed by atoms with Gasteiger partial charge in [0.05, 0.1) is 12.7 Å². The average molecular weight is 330 g/mol. The first-order chi connectivity index (χ1) is 11.6. The Morgan fingerprint density at radius 3 is 2.67 bits per heavy atom. The van der Waals surface area contributed by atoms with Crippen molar-refractivity contribution in [2.75, 3.05) is 27.3 Å². The number of nitrogens with zero attached hydrogens (tertiary/aromatic N) is 2. The van der Waals surface area contributed by atoms with Crippen LogP contribution in [-0.2, 0) is 11.3 Å². The molecule has 1 atom stereocenters. The van der Waals surface area contributed by atoms with Crippen LogP contribution in [0.4, 0.5) is 0 Å². The fourth-order valence-corrected chi connectivity index (χ4v) is 2.28. The number of hydrogen-bond acceptors (Lipinski definition) is 6. The van der Waals surface area contributed by atoms with Crippen molar-refractivity contribution in [2.24, 2.45) is 0 Å². The molecule has 2 aromatic rings. The van der Waals surface area contributed by atoms with Gasteiger partial charge >= 0.3 is 5.97 Å². The van der Waals surface area contributed by atoms with Crippen LogP contribution in [0.1, 0.15) is 15.9 Å². The lowest BCUT2D eigenvalue weighted by Gasteiger charge is -2.20. The molecule has 0 fully saturated rings. The van der Waals surface area contributed by atoms with E-state index in [1.165, 1.54) is 7.11 Å². The summed E-state index contributed by atoms with van der Waals surface area (Å²) in [5.41, 5.74) is 1.55. The maximum absolute atomic E-state index is 11.3. The monoisotopic (exact) mass is 330 g/mol. The zero-order chi connectivity index (χ0) is 17.4. The molecule has 0 radical (unpaired) electrons. The number of likely N-dealkylation sites (N-methyl/N-ethyl adjacent to an activating group) is 1. The van der Waals surface area contributed by atoms with E-state index in [4.69, 9.17) is 4.74 Å². The molecule has 0 aliphatic rings. The second-order valence-electron chi connectivity index (χ2n) is 5.54. The predicted molar refractivity (Wildman–Crippen MR) is 89.9 cm³/mol. The highest BCUT2D eigenvalue weighted by Gasteiger charge is 2.10. The van der Waals surface area contributed by atoms with E-state index in [1.54, 1.807) is 30.5 Å². The highest BCUT2D eigenvalue weighted by molar-refractivity contribution is 5.89. The third kappa shape index (κ3) is 5.64. The van der Waals surface area contributed by atoms with Gasteiger partial charge in [-0.2, -0.15) is 0 Å². The van der Waals surface area contributed by atoms with E-state index in [9.17, 15) is 9.90 Å². The highest BCUT2D eigenvalue weighted by Crippen LogP contribution is 2.13. The Kier molecular flexibility index (Phi) is 6.72. The molecule has 1 aromatic carbocycles. The lowest BCUT2D eigenvalue weighted by atomic mass is 10.2. The maximum Gasteiger partial charge on any atom is 0.337 e. The summed E-state index contributed by atoms with van der Waals surface area (Å²) >= 11 is 0. The van der Waals surface area contributed by atoms with Crippen LogP contribution in [0.3, 0.4) is 0 Å². The number of ether oxygens (including phenoxy) is 2. The van der Waals surface area contributed by atoms with Crippen molar-refractivity contribution >= 4 is 5.97 Å². The van der Waals surface area contributed by atoms with Gasteiger partial charge in [-0.3, -0.25) is 9.88 Å². The fraction of sp³-hybridized carbons (Fsp3) is 0.333. The summed E-state index contributed by atoms with van der Waals surface area (Å²) < 4.78 is 10.2. The number of rotatable bonds is 8. The summed E-state index contributed by atoms with van der Waals surface area (Å²) in [5, 5.41) is 10.1. The topological polar surface area (TPSA) is 71.9 Å². The Morgan fingerprint density at radius 1 is 1.29 bits per heavy atom. The molecule has 0 saturated heterocycles. The number of hydrogen-bond donors (Lipinski definition) is 1. The minimum absolute atomic E-state index is 0.176. The zero-order valence-electron chi connectivity index (χ0n) is 13.9. The summed E-state index contributed by atoms with van der Waals surface area (Å²) in [6, 6.07) is 10.5. The van der Waals surface area contributed by atoms with Crippen LogP contribution in [0.25, 0.3) is 0 Å². The molecular formula is C18H22N2O4. The van der Waals surface area contributed by atoms with Crippen molar-refractivity contribution in [2.45, 2.75) is 12.6 Å². The predicted octanol–water partition coefficient (Wildman–Crippen LogP) is 1.74. The molecule has 1 N–H and O–H groups in total. The lowest BCUT2D eigenvalue weighted by Crippen LogP contribution is -2.32. The first-order valence-electron chi connectivity index (χ1n) is 7.65. The van der Waals surface area contributed by atoms with E-state index >= 15 is 0 Å². The van der Waals surface area contributed by atoms with Gasteiger partial charge in [0.15, 0.2) is 0 Å². The van der Waals surface area contributed by atoms with Gasteiger partial charge in [-0.25, -0.2) is 4.79 Å². The molecule has 0 aliphatic heterocycles. The second kappa shape index (κ2) is 9.00. The van der Waals surface area contributed by atoms with E-state index in [-0.39, 0.29) is 6.61 Å². The smallest absolute Gasteiger partial charge is 0.337 e. The molecule has 128 valence electrons. The van der Waals surface area contributed by atoms with Crippen LogP contribution in [0.5, 0.6) is 5.75 Å². The third-order valence-corrected chi connectivity index (χ3v) is 3.42. The maximum atomic E-state index is 11.3. The SMILES string of the molecule is COC(=O)c1ccc(OC[C@H](O)CN(C)Cc2cccnc2)cc1. The van der Waals surface area contributed by atoms with E-state index in [1.807, 2.05) is 30.3 Å². The van der Waals surface area contributed by atoms with E-state index in [2.05, 4.69) is 9.72 Å². The van der Waals surface area contributed by atoms with Crippen LogP contribution < -0.4 is 4.74 Å². The third-order valence-electron chi connectivity index (χ3n) is 3.42. The molecule has 0 bridgehead atoms. The van der Waals surface area contributed by atoms with Gasteiger partial charge in [-0.1, -0.05) is 6.07 Å². The summed E-state index contributed by atoms with van der Waals surface area (Å²) in [6.45, 7) is 1.36. The summed E-state index contributed by atoms with van der Waals surface area (Å²) in [7, 11) is 3.27. The summed E-state index contributed by atoms with van der Waals surface area (Å²) in [6.07, 6.45) is 2.92. The number of esters is 1. The molecule has 24 heavy (non-hydrogen) atoms. The molecule has 6 nitrogen and oxygen atoms in total. The molecule has 0 spiro atoms. The highest BCUT2D eigenvalue weighted by atomic mass is 16.5. The summed E-state index contributed by atoms with van der Waals surface area (Å²) in [4.78, 5) is 17.4. The van der Waals surface area contributed by atoms with Gasteiger partial charge in [-0.15, -0.1) is 0 Å². The number of methoxy groups -OCH3 is 1. The standard InChI is InChI=1S/C18H22N2O4/c1-20(11-14-4-3-9-19-10-14)12-16(21)13-24-17-7-5-15(6-8-17)18(22)23-2/h3-10,16,21H,11-13H2,1-2H3/t16-/m1/s1. The van der Waals surface area contributed by atoms with Gasteiger partial charge in [0.25, 0.3) is 0 Å². The Hall–Kier alpha value is -2.44. The molecule has 0 unspecified atom stereocenters. The first-order valence-corrected chi connectivity index (χ1v) is 7.65. The van der Waals surface area contributed by atoms with Crippen molar-refractivity contribution in [1.29, 1.82) is 0 Å². The van der Waals surface area contributed by atoms with Crippen LogP contribution in [0.15, 0.2) is 48.8 Å². The zero-order valence-corrected chi connectivity index (χ0v) is 13.9. The van der Waals surface area contributed by atoms with Crippen LogP contribution in [-0.4, -0.2) is 54.4 Å². The minimum atomic E-state index is -0.619. The second-order valence-corrected chi connectivity index (χ2v) is 5.54. The Bertz CT molecular complexity index is 631. The van der Waals surface area contributed by atoms with Crippen molar-refractivity contribution in [3.63, 3.8) is 0 Å². The van der Waals surface area contributed by atoms with Crippen LogP contribution >= 0.6 is 0 Å². The van der Waals surface area contributed by atoms with Gasteiger partial charge in [-0.05, 0) is 42.9 Å². The molecule has 2 rings (SSSR count). The van der Waals surface area contributed by atoms with Crippen LogP contribution in [0, 0.1) is 0 Å². The van der Waals surface area contributed by atoms with Gasteiger partial charge in [0.1, 0.15) is 18.5 Å². The van der Waals surface area contributed by atoms with Gasteiger partial charge in [0, 0.05) is 25.5 Å². The average Bonchev–Trinajstić information content (AvgIpc) is 2.60. The number of carbonyl (C=O) groups excluding carboxylic acids is 1. The first kappa shape index (κ1) is 17.9. The molecule has 1 heterocycles. The molecule has 1 aromatic heterocycles. The fourth-order valence-electron chi connectivity index (χ4n) is 2.28. The largest absolute Gasteiger partial charge is 0.491 e. The number of aromatic nitrogens is 1. The Balaban J connectivity index is 1.76. The van der Waals surface area contributed by atoms with Crippen molar-refractivity contribution in [1.82, 2.24) is 9.88 Å². The molecule has 0 aliphatic carbocycles. The number of carbonyl (C=O) groups is 1. The van der Waals surface area contributed by atoms with Gasteiger partial charge < -0.3 is 14.6 Å². The number of pyridine rings is 1. The summed E-state index contributed by atoms with van der Waals surface area (Å²) in [5.74, 6) is 0.204. The number of aliphatic hydroxyl groups is 1. The van der Waals surface area contributed by atoms with E-state index < -0.39 is 12.1 Å². The van der Waals surface area contributed by atoms with E-state index in [0.717, 1.165) is 5.56 Å². The Morgan fingerprint density at radius 2 is 2.04 bits per heavy atom. The van der Waals surface area contributed by atoms with E-state index in [0.29, 0.717) is 24.4 Å². The van der Waals surface area contributed by atoms with Crippen molar-refractivity contribution < 1.29 is 19.4 Å². The van der Waals surface area contributed by atoms with Gasteiger partial charge in [0.2, 0.25) is 0 Å². The lowest BCUT2D eigenvalue weighted by molar-refractivity contribution is 0.0600. The Labute approximate surface area is 141 Å². The van der Waals surface area contributed by atoms with Crippen molar-refractivity contribution in [3.05, 3.63) is 59.9 Å². The number of benzene rings is 1. The normalized spacial score (nSPS) is 12.0. The molecule has 0 amide bonds. The molecule has 6 heteroatoms. The molecular weight excluding hydrogens is 308 g/mol. The quantitative estimate of drug-likeness (QED) is 0.744.